The smallest absolute Gasteiger partial charge is 0.138 e. The van der Waals surface area contributed by atoms with Gasteiger partial charge in [-0.05, 0) is 43.5 Å². The number of hydrogen-bond donors (Lipinski definition) is 1. The first-order chi connectivity index (χ1) is 9.29. The molecule has 1 N–H and O–H groups in total. The molecular weight excluding hydrogens is 262 g/mol. The summed E-state index contributed by atoms with van der Waals surface area (Å²) >= 11 is 6.23. The predicted octanol–water partition coefficient (Wildman–Crippen LogP) is 3.40. The Balaban J connectivity index is 1.83. The Morgan fingerprint density at radius 3 is 3.05 bits per heavy atom. The van der Waals surface area contributed by atoms with Gasteiger partial charge in [0.25, 0.3) is 0 Å². The Hall–Kier alpha value is -0.770. The normalized spacial score (nSPS) is 18.7. The van der Waals surface area contributed by atoms with Crippen LogP contribution in [0.4, 0.5) is 0 Å². The van der Waals surface area contributed by atoms with Crippen molar-refractivity contribution in [3.8, 4) is 5.75 Å². The first kappa shape index (κ1) is 14.6. The van der Waals surface area contributed by atoms with E-state index in [4.69, 9.17) is 21.1 Å². The van der Waals surface area contributed by atoms with Crippen LogP contribution in [0.2, 0.25) is 5.02 Å². The Morgan fingerprint density at radius 2 is 2.37 bits per heavy atom. The number of nitrogens with one attached hydrogen (secondary N) is 1. The fourth-order valence-electron chi connectivity index (χ4n) is 2.14. The van der Waals surface area contributed by atoms with Gasteiger partial charge >= 0.3 is 0 Å². The van der Waals surface area contributed by atoms with Crippen LogP contribution in [-0.4, -0.2) is 25.9 Å². The minimum absolute atomic E-state index is 0.224. The highest BCUT2D eigenvalue weighted by Crippen LogP contribution is 2.26. The molecule has 0 bridgehead atoms. The highest BCUT2D eigenvalue weighted by atomic mass is 35.5. The molecule has 1 saturated heterocycles. The van der Waals surface area contributed by atoms with Gasteiger partial charge in [-0.1, -0.05) is 24.6 Å². The highest BCUT2D eigenvalue weighted by molar-refractivity contribution is 6.32. The summed E-state index contributed by atoms with van der Waals surface area (Å²) in [6.45, 7) is 5.47. The molecule has 1 heterocycles. The summed E-state index contributed by atoms with van der Waals surface area (Å²) in [5.74, 6) is 0.747. The van der Waals surface area contributed by atoms with Gasteiger partial charge in [-0.2, -0.15) is 0 Å². The zero-order valence-corrected chi connectivity index (χ0v) is 12.2. The highest BCUT2D eigenvalue weighted by Gasteiger charge is 2.16. The number of benzene rings is 1. The maximum absolute atomic E-state index is 6.23. The Kier molecular flexibility index (Phi) is 5.95. The summed E-state index contributed by atoms with van der Waals surface area (Å²) in [6, 6.07) is 5.97. The maximum atomic E-state index is 6.23. The molecule has 1 aromatic rings. The zero-order valence-electron chi connectivity index (χ0n) is 11.5. The Bertz CT molecular complexity index is 392. The van der Waals surface area contributed by atoms with Gasteiger partial charge in [-0.25, -0.2) is 0 Å². The van der Waals surface area contributed by atoms with E-state index in [1.807, 2.05) is 12.1 Å². The van der Waals surface area contributed by atoms with Crippen molar-refractivity contribution < 1.29 is 9.47 Å². The monoisotopic (exact) mass is 283 g/mol. The first-order valence-electron chi connectivity index (χ1n) is 7.03. The predicted molar refractivity (Wildman–Crippen MR) is 77.9 cm³/mol. The lowest BCUT2D eigenvalue weighted by molar-refractivity contribution is 0.0680. The molecule has 1 atom stereocenters. The fourth-order valence-corrected chi connectivity index (χ4v) is 2.40. The molecular formula is C15H22ClNO2. The minimum atomic E-state index is 0.224. The lowest BCUT2D eigenvalue weighted by Crippen LogP contribution is -2.16. The topological polar surface area (TPSA) is 30.5 Å². The number of hydrogen-bond acceptors (Lipinski definition) is 3. The second kappa shape index (κ2) is 7.73. The van der Waals surface area contributed by atoms with E-state index < -0.39 is 0 Å². The quantitative estimate of drug-likeness (QED) is 0.778. The van der Waals surface area contributed by atoms with Crippen molar-refractivity contribution in [1.82, 2.24) is 5.32 Å². The van der Waals surface area contributed by atoms with Gasteiger partial charge in [0, 0.05) is 13.2 Å². The molecule has 0 spiro atoms. The Labute approximate surface area is 120 Å². The van der Waals surface area contributed by atoms with Crippen LogP contribution >= 0.6 is 11.6 Å². The third-order valence-electron chi connectivity index (χ3n) is 3.20. The van der Waals surface area contributed by atoms with Gasteiger partial charge in [-0.15, -0.1) is 0 Å². The van der Waals surface area contributed by atoms with Crippen LogP contribution in [0.1, 0.15) is 31.7 Å². The maximum Gasteiger partial charge on any atom is 0.138 e. The van der Waals surface area contributed by atoms with Crippen molar-refractivity contribution in [2.24, 2.45) is 0 Å². The van der Waals surface area contributed by atoms with Crippen LogP contribution in [-0.2, 0) is 11.3 Å². The van der Waals surface area contributed by atoms with Crippen LogP contribution in [0.5, 0.6) is 5.75 Å². The lowest BCUT2D eigenvalue weighted by Gasteiger charge is -2.13. The van der Waals surface area contributed by atoms with E-state index in [1.165, 1.54) is 5.56 Å². The first-order valence-corrected chi connectivity index (χ1v) is 7.41. The van der Waals surface area contributed by atoms with E-state index in [9.17, 15) is 0 Å². The van der Waals surface area contributed by atoms with Crippen molar-refractivity contribution in [2.45, 2.75) is 38.8 Å². The molecule has 1 fully saturated rings. The molecule has 0 radical (unpaired) electrons. The Morgan fingerprint density at radius 1 is 1.47 bits per heavy atom. The molecule has 1 aliphatic rings. The lowest BCUT2D eigenvalue weighted by atomic mass is 10.2. The molecule has 4 heteroatoms. The average molecular weight is 284 g/mol. The summed E-state index contributed by atoms with van der Waals surface area (Å²) in [6.07, 6.45) is 3.57. The number of halogens is 1. The van der Waals surface area contributed by atoms with Gasteiger partial charge in [-0.3, -0.25) is 0 Å². The van der Waals surface area contributed by atoms with Gasteiger partial charge in [0.05, 0.1) is 11.1 Å². The largest absolute Gasteiger partial charge is 0.489 e. The molecule has 0 saturated carbocycles. The molecule has 19 heavy (non-hydrogen) atoms. The molecule has 0 aromatic heterocycles. The van der Waals surface area contributed by atoms with Crippen molar-refractivity contribution in [1.29, 1.82) is 0 Å². The summed E-state index contributed by atoms with van der Waals surface area (Å²) in [7, 11) is 0. The third kappa shape index (κ3) is 4.68. The van der Waals surface area contributed by atoms with Crippen LogP contribution in [0, 0.1) is 0 Å². The standard InChI is InChI=1S/C15H22ClNO2/c1-2-7-17-10-12-5-6-15(14(16)9-12)19-11-13-4-3-8-18-13/h5-6,9,13,17H,2-4,7-8,10-11H2,1H3. The molecule has 0 amide bonds. The number of ether oxygens (including phenoxy) is 2. The summed E-state index contributed by atoms with van der Waals surface area (Å²) in [4.78, 5) is 0. The molecule has 0 aliphatic carbocycles. The van der Waals surface area contributed by atoms with E-state index in [0.29, 0.717) is 11.6 Å². The number of rotatable bonds is 7. The zero-order chi connectivity index (χ0) is 13.5. The van der Waals surface area contributed by atoms with E-state index in [2.05, 4.69) is 18.3 Å². The summed E-state index contributed by atoms with van der Waals surface area (Å²) in [5, 5.41) is 4.03. The van der Waals surface area contributed by atoms with E-state index in [1.54, 1.807) is 0 Å². The minimum Gasteiger partial charge on any atom is -0.489 e. The van der Waals surface area contributed by atoms with E-state index in [-0.39, 0.29) is 6.10 Å². The molecule has 1 aromatic carbocycles. The molecule has 1 aliphatic heterocycles. The SMILES string of the molecule is CCCNCc1ccc(OCC2CCCO2)c(Cl)c1. The van der Waals surface area contributed by atoms with Gasteiger partial charge in [0.2, 0.25) is 0 Å². The molecule has 3 nitrogen and oxygen atoms in total. The fraction of sp³-hybridized carbons (Fsp3) is 0.600. The van der Waals surface area contributed by atoms with Crippen LogP contribution in [0.15, 0.2) is 18.2 Å². The summed E-state index contributed by atoms with van der Waals surface area (Å²) < 4.78 is 11.2. The van der Waals surface area contributed by atoms with E-state index >= 15 is 0 Å². The van der Waals surface area contributed by atoms with Gasteiger partial charge in [0.15, 0.2) is 0 Å². The van der Waals surface area contributed by atoms with Crippen molar-refractivity contribution in [3.05, 3.63) is 28.8 Å². The van der Waals surface area contributed by atoms with Gasteiger partial charge < -0.3 is 14.8 Å². The van der Waals surface area contributed by atoms with E-state index in [0.717, 1.165) is 44.7 Å². The molecule has 106 valence electrons. The molecule has 1 unspecified atom stereocenters. The third-order valence-corrected chi connectivity index (χ3v) is 3.50. The second-order valence-corrected chi connectivity index (χ2v) is 5.29. The van der Waals surface area contributed by atoms with Crippen molar-refractivity contribution >= 4 is 11.6 Å². The van der Waals surface area contributed by atoms with Crippen LogP contribution in [0.25, 0.3) is 0 Å². The average Bonchev–Trinajstić information content (AvgIpc) is 2.91. The molecule has 2 rings (SSSR count). The summed E-state index contributed by atoms with van der Waals surface area (Å²) in [5.41, 5.74) is 1.18. The van der Waals surface area contributed by atoms with Crippen molar-refractivity contribution in [2.75, 3.05) is 19.8 Å². The van der Waals surface area contributed by atoms with Crippen molar-refractivity contribution in [3.63, 3.8) is 0 Å². The van der Waals surface area contributed by atoms with Crippen LogP contribution in [0.3, 0.4) is 0 Å². The van der Waals surface area contributed by atoms with Crippen LogP contribution < -0.4 is 10.1 Å². The second-order valence-electron chi connectivity index (χ2n) is 4.89. The van der Waals surface area contributed by atoms with Gasteiger partial charge in [0.1, 0.15) is 12.4 Å².